The van der Waals surface area contributed by atoms with Crippen LogP contribution in [0.1, 0.15) is 13.8 Å². The first-order chi connectivity index (χ1) is 8.01. The van der Waals surface area contributed by atoms with Crippen LogP contribution in [0.5, 0.6) is 0 Å². The van der Waals surface area contributed by atoms with E-state index in [0.717, 1.165) is 0 Å². The lowest BCUT2D eigenvalue weighted by Crippen LogP contribution is -2.39. The molecule has 3 nitrogen and oxygen atoms in total. The molecule has 0 aliphatic carbocycles. The SMILES string of the molecule is CCN(C(=O)C(C)OC)c1ccc(Cl)cc1F. The molecule has 0 heterocycles. The van der Waals surface area contributed by atoms with E-state index >= 15 is 0 Å². The van der Waals surface area contributed by atoms with Gasteiger partial charge in [0.25, 0.3) is 5.91 Å². The highest BCUT2D eigenvalue weighted by molar-refractivity contribution is 6.30. The molecular weight excluding hydrogens is 245 g/mol. The van der Waals surface area contributed by atoms with Gasteiger partial charge in [-0.15, -0.1) is 0 Å². The van der Waals surface area contributed by atoms with Crippen LogP contribution in [0.3, 0.4) is 0 Å². The number of hydrogen-bond acceptors (Lipinski definition) is 2. The van der Waals surface area contributed by atoms with Crippen LogP contribution >= 0.6 is 11.6 Å². The van der Waals surface area contributed by atoms with Gasteiger partial charge in [-0.3, -0.25) is 4.79 Å². The quantitative estimate of drug-likeness (QED) is 0.832. The first-order valence-electron chi connectivity index (χ1n) is 5.30. The number of rotatable bonds is 4. The summed E-state index contributed by atoms with van der Waals surface area (Å²) in [5.74, 6) is -0.799. The average molecular weight is 260 g/mol. The summed E-state index contributed by atoms with van der Waals surface area (Å²) in [6.07, 6.45) is -0.606. The van der Waals surface area contributed by atoms with E-state index in [1.807, 2.05) is 0 Å². The monoisotopic (exact) mass is 259 g/mol. The fourth-order valence-corrected chi connectivity index (χ4v) is 1.62. The fraction of sp³-hybridized carbons (Fsp3) is 0.417. The molecule has 0 spiro atoms. The highest BCUT2D eigenvalue weighted by Gasteiger charge is 2.22. The smallest absolute Gasteiger partial charge is 0.255 e. The number of benzene rings is 1. The number of halogens is 2. The van der Waals surface area contributed by atoms with Crippen molar-refractivity contribution in [1.29, 1.82) is 0 Å². The Bertz CT molecular complexity index is 411. The van der Waals surface area contributed by atoms with Crippen molar-refractivity contribution in [2.75, 3.05) is 18.6 Å². The number of carbonyl (C=O) groups excluding carboxylic acids is 1. The molecule has 0 radical (unpaired) electrons. The van der Waals surface area contributed by atoms with Gasteiger partial charge in [0.05, 0.1) is 5.69 Å². The molecule has 1 aromatic carbocycles. The average Bonchev–Trinajstić information content (AvgIpc) is 2.31. The Morgan fingerprint density at radius 2 is 2.24 bits per heavy atom. The molecule has 1 amide bonds. The second kappa shape index (κ2) is 5.98. The lowest BCUT2D eigenvalue weighted by molar-refractivity contribution is -0.127. The molecule has 0 aromatic heterocycles. The van der Waals surface area contributed by atoms with Gasteiger partial charge < -0.3 is 9.64 Å². The number of anilines is 1. The molecule has 0 saturated carbocycles. The summed E-state index contributed by atoms with van der Waals surface area (Å²) in [5, 5.41) is 0.301. The molecule has 0 aliphatic heterocycles. The number of amides is 1. The summed E-state index contributed by atoms with van der Waals surface area (Å²) < 4.78 is 18.6. The van der Waals surface area contributed by atoms with Gasteiger partial charge in [-0.05, 0) is 32.0 Å². The molecule has 17 heavy (non-hydrogen) atoms. The van der Waals surface area contributed by atoms with Gasteiger partial charge in [0.1, 0.15) is 11.9 Å². The van der Waals surface area contributed by atoms with Crippen LogP contribution in [0.25, 0.3) is 0 Å². The van der Waals surface area contributed by atoms with Crippen molar-refractivity contribution in [3.05, 3.63) is 29.0 Å². The molecule has 0 aliphatic rings. The molecule has 5 heteroatoms. The van der Waals surface area contributed by atoms with E-state index in [0.29, 0.717) is 11.6 Å². The minimum atomic E-state index is -0.606. The summed E-state index contributed by atoms with van der Waals surface area (Å²) in [6, 6.07) is 4.22. The lowest BCUT2D eigenvalue weighted by Gasteiger charge is -2.24. The number of likely N-dealkylation sites (N-methyl/N-ethyl adjacent to an activating group) is 1. The molecule has 0 bridgehead atoms. The Labute approximate surface area is 105 Å². The number of methoxy groups -OCH3 is 1. The van der Waals surface area contributed by atoms with Crippen molar-refractivity contribution < 1.29 is 13.9 Å². The third-order valence-corrected chi connectivity index (χ3v) is 2.72. The van der Waals surface area contributed by atoms with Crippen molar-refractivity contribution in [3.63, 3.8) is 0 Å². The fourth-order valence-electron chi connectivity index (χ4n) is 1.47. The van der Waals surface area contributed by atoms with Crippen molar-refractivity contribution in [1.82, 2.24) is 0 Å². The first-order valence-corrected chi connectivity index (χ1v) is 5.68. The molecule has 1 rings (SSSR count). The van der Waals surface area contributed by atoms with Crippen molar-refractivity contribution >= 4 is 23.2 Å². The Balaban J connectivity index is 3.05. The number of nitrogens with zero attached hydrogens (tertiary/aromatic N) is 1. The predicted octanol–water partition coefficient (Wildman–Crippen LogP) is 2.87. The zero-order valence-electron chi connectivity index (χ0n) is 10.0. The number of hydrogen-bond donors (Lipinski definition) is 0. The second-order valence-corrected chi connectivity index (χ2v) is 3.99. The Kier molecular flexibility index (Phi) is 4.90. The van der Waals surface area contributed by atoms with Gasteiger partial charge in [0.15, 0.2) is 0 Å². The van der Waals surface area contributed by atoms with Gasteiger partial charge in [-0.2, -0.15) is 0 Å². The van der Waals surface area contributed by atoms with Crippen LogP contribution in [0.15, 0.2) is 18.2 Å². The van der Waals surface area contributed by atoms with Crippen LogP contribution in [0.4, 0.5) is 10.1 Å². The molecule has 1 aromatic rings. The van der Waals surface area contributed by atoms with E-state index in [9.17, 15) is 9.18 Å². The Morgan fingerprint density at radius 3 is 2.71 bits per heavy atom. The minimum absolute atomic E-state index is 0.214. The summed E-state index contributed by atoms with van der Waals surface area (Å²) in [4.78, 5) is 13.3. The standard InChI is InChI=1S/C12H15ClFNO2/c1-4-15(12(16)8(2)17-3)11-6-5-9(13)7-10(11)14/h5-8H,4H2,1-3H3. The van der Waals surface area contributed by atoms with Crippen molar-refractivity contribution in [3.8, 4) is 0 Å². The molecule has 0 fully saturated rings. The molecule has 94 valence electrons. The number of carbonyl (C=O) groups is 1. The van der Waals surface area contributed by atoms with E-state index < -0.39 is 11.9 Å². The summed E-state index contributed by atoms with van der Waals surface area (Å²) in [7, 11) is 1.44. The highest BCUT2D eigenvalue weighted by atomic mass is 35.5. The molecule has 0 saturated heterocycles. The second-order valence-electron chi connectivity index (χ2n) is 3.56. The van der Waals surface area contributed by atoms with Gasteiger partial charge in [0.2, 0.25) is 0 Å². The normalized spacial score (nSPS) is 12.3. The predicted molar refractivity (Wildman–Crippen MR) is 65.9 cm³/mol. The molecule has 1 atom stereocenters. The van der Waals surface area contributed by atoms with Crippen LogP contribution < -0.4 is 4.90 Å². The third-order valence-electron chi connectivity index (χ3n) is 2.48. The van der Waals surface area contributed by atoms with Crippen LogP contribution in [-0.2, 0) is 9.53 Å². The summed E-state index contributed by atoms with van der Waals surface area (Å²) in [6.45, 7) is 3.76. The van der Waals surface area contributed by atoms with Gasteiger partial charge in [-0.25, -0.2) is 4.39 Å². The maximum absolute atomic E-state index is 13.7. The van der Waals surface area contributed by atoms with Crippen LogP contribution in [-0.4, -0.2) is 25.7 Å². The zero-order chi connectivity index (χ0) is 13.0. The van der Waals surface area contributed by atoms with Crippen molar-refractivity contribution in [2.24, 2.45) is 0 Å². The number of ether oxygens (including phenoxy) is 1. The molecule has 0 N–H and O–H groups in total. The Morgan fingerprint density at radius 1 is 1.59 bits per heavy atom. The first kappa shape index (κ1) is 13.9. The van der Waals surface area contributed by atoms with E-state index in [-0.39, 0.29) is 11.6 Å². The highest BCUT2D eigenvalue weighted by Crippen LogP contribution is 2.23. The van der Waals surface area contributed by atoms with Crippen LogP contribution in [0, 0.1) is 5.82 Å². The van der Waals surface area contributed by atoms with Gasteiger partial charge >= 0.3 is 0 Å². The zero-order valence-corrected chi connectivity index (χ0v) is 10.8. The maximum Gasteiger partial charge on any atom is 0.255 e. The van der Waals surface area contributed by atoms with E-state index in [4.69, 9.17) is 16.3 Å². The molecular formula is C12H15ClFNO2. The van der Waals surface area contributed by atoms with E-state index in [2.05, 4.69) is 0 Å². The van der Waals surface area contributed by atoms with Crippen LogP contribution in [0.2, 0.25) is 5.02 Å². The maximum atomic E-state index is 13.7. The van der Waals surface area contributed by atoms with E-state index in [1.165, 1.54) is 24.1 Å². The summed E-state index contributed by atoms with van der Waals surface area (Å²) in [5.41, 5.74) is 0.214. The van der Waals surface area contributed by atoms with Gasteiger partial charge in [0, 0.05) is 18.7 Å². The Hall–Kier alpha value is -1.13. The largest absolute Gasteiger partial charge is 0.372 e. The summed E-state index contributed by atoms with van der Waals surface area (Å²) >= 11 is 5.67. The van der Waals surface area contributed by atoms with Gasteiger partial charge in [-0.1, -0.05) is 11.6 Å². The third kappa shape index (κ3) is 3.17. The topological polar surface area (TPSA) is 29.5 Å². The molecule has 1 unspecified atom stereocenters. The lowest BCUT2D eigenvalue weighted by atomic mass is 10.2. The minimum Gasteiger partial charge on any atom is -0.372 e. The van der Waals surface area contributed by atoms with E-state index in [1.54, 1.807) is 19.9 Å². The van der Waals surface area contributed by atoms with Crippen molar-refractivity contribution in [2.45, 2.75) is 20.0 Å².